The van der Waals surface area contributed by atoms with E-state index >= 15 is 0 Å². The van der Waals surface area contributed by atoms with Gasteiger partial charge in [-0.15, -0.1) is 0 Å². The van der Waals surface area contributed by atoms with Crippen molar-refractivity contribution in [2.24, 2.45) is 0 Å². The minimum atomic E-state index is -0.230. The molecular formula is C15H14Cl2N2O. The zero-order chi connectivity index (χ0) is 14.7. The maximum Gasteiger partial charge on any atom is 0.253 e. The first-order valence-corrected chi connectivity index (χ1v) is 6.92. The smallest absolute Gasteiger partial charge is 0.253 e. The molecule has 0 aliphatic carbocycles. The Hall–Kier alpha value is -1.58. The van der Waals surface area contributed by atoms with Gasteiger partial charge in [-0.3, -0.25) is 4.79 Å². The molecule has 0 aliphatic heterocycles. The van der Waals surface area contributed by atoms with Gasteiger partial charge in [0.15, 0.2) is 0 Å². The topological polar surface area (TPSA) is 42.0 Å². The molecule has 0 saturated carbocycles. The van der Waals surface area contributed by atoms with E-state index in [2.05, 4.69) is 10.3 Å². The Balaban J connectivity index is 2.15. The number of carbonyl (C=O) groups excluding carboxylic acids is 1. The van der Waals surface area contributed by atoms with Gasteiger partial charge in [0, 0.05) is 6.20 Å². The Morgan fingerprint density at radius 2 is 2.00 bits per heavy atom. The summed E-state index contributed by atoms with van der Waals surface area (Å²) in [5, 5.41) is 3.38. The number of amides is 1. The van der Waals surface area contributed by atoms with Gasteiger partial charge in [-0.2, -0.15) is 0 Å². The van der Waals surface area contributed by atoms with Gasteiger partial charge in [0.1, 0.15) is 5.15 Å². The molecule has 0 fully saturated rings. The van der Waals surface area contributed by atoms with E-state index < -0.39 is 0 Å². The summed E-state index contributed by atoms with van der Waals surface area (Å²) in [6, 6.07) is 9.34. The van der Waals surface area contributed by atoms with Crippen LogP contribution >= 0.6 is 23.2 Å². The number of hydrogen-bond donors (Lipinski definition) is 1. The SMILES string of the molecule is Cc1ccccc1C(C)NC(=O)c1cnc(Cl)c(Cl)c1. The lowest BCUT2D eigenvalue weighted by Gasteiger charge is -2.16. The molecule has 0 aliphatic rings. The molecule has 0 saturated heterocycles. The number of nitrogens with one attached hydrogen (secondary N) is 1. The first kappa shape index (κ1) is 14.8. The second-order valence-electron chi connectivity index (χ2n) is 4.55. The van der Waals surface area contributed by atoms with Gasteiger partial charge in [-0.1, -0.05) is 47.5 Å². The molecule has 1 heterocycles. The molecule has 1 N–H and O–H groups in total. The van der Waals surface area contributed by atoms with Crippen LogP contribution in [0.4, 0.5) is 0 Å². The van der Waals surface area contributed by atoms with E-state index in [-0.39, 0.29) is 22.1 Å². The lowest BCUT2D eigenvalue weighted by molar-refractivity contribution is 0.0939. The van der Waals surface area contributed by atoms with Gasteiger partial charge in [0.05, 0.1) is 16.6 Å². The first-order valence-electron chi connectivity index (χ1n) is 6.16. The van der Waals surface area contributed by atoms with Crippen LogP contribution in [0.15, 0.2) is 36.5 Å². The van der Waals surface area contributed by atoms with Crippen molar-refractivity contribution >= 4 is 29.1 Å². The lowest BCUT2D eigenvalue weighted by atomic mass is 10.0. The van der Waals surface area contributed by atoms with Crippen molar-refractivity contribution in [3.63, 3.8) is 0 Å². The molecule has 1 atom stereocenters. The van der Waals surface area contributed by atoms with E-state index in [1.54, 1.807) is 0 Å². The summed E-state index contributed by atoms with van der Waals surface area (Å²) < 4.78 is 0. The number of hydrogen-bond acceptors (Lipinski definition) is 2. The van der Waals surface area contributed by atoms with Crippen LogP contribution in [0.3, 0.4) is 0 Å². The zero-order valence-electron chi connectivity index (χ0n) is 11.2. The normalized spacial score (nSPS) is 12.0. The standard InChI is InChI=1S/C15H14Cl2N2O/c1-9-5-3-4-6-12(9)10(2)19-15(20)11-7-13(16)14(17)18-8-11/h3-8,10H,1-2H3,(H,19,20). The van der Waals surface area contributed by atoms with Crippen molar-refractivity contribution in [2.45, 2.75) is 19.9 Å². The fraction of sp³-hybridized carbons (Fsp3) is 0.200. The van der Waals surface area contributed by atoms with Crippen molar-refractivity contribution in [2.75, 3.05) is 0 Å². The number of aromatic nitrogens is 1. The van der Waals surface area contributed by atoms with E-state index in [0.717, 1.165) is 11.1 Å². The summed E-state index contributed by atoms with van der Waals surface area (Å²) in [7, 11) is 0. The molecule has 2 aromatic rings. The third-order valence-electron chi connectivity index (χ3n) is 3.06. The van der Waals surface area contributed by atoms with Gasteiger partial charge in [0.25, 0.3) is 5.91 Å². The zero-order valence-corrected chi connectivity index (χ0v) is 12.7. The van der Waals surface area contributed by atoms with Crippen molar-refractivity contribution in [1.29, 1.82) is 0 Å². The Labute approximate surface area is 127 Å². The summed E-state index contributed by atoms with van der Waals surface area (Å²) in [4.78, 5) is 16.0. The summed E-state index contributed by atoms with van der Waals surface area (Å²) >= 11 is 11.6. The average molecular weight is 309 g/mol. The quantitative estimate of drug-likeness (QED) is 0.864. The molecule has 0 spiro atoms. The highest BCUT2D eigenvalue weighted by Crippen LogP contribution is 2.21. The van der Waals surface area contributed by atoms with Crippen molar-refractivity contribution in [3.8, 4) is 0 Å². The molecular weight excluding hydrogens is 295 g/mol. The highest BCUT2D eigenvalue weighted by molar-refractivity contribution is 6.41. The number of carbonyl (C=O) groups is 1. The average Bonchev–Trinajstić information content (AvgIpc) is 2.42. The number of aryl methyl sites for hydroxylation is 1. The fourth-order valence-corrected chi connectivity index (χ4v) is 2.25. The van der Waals surface area contributed by atoms with E-state index in [1.165, 1.54) is 12.3 Å². The van der Waals surface area contributed by atoms with Crippen LogP contribution in [0.2, 0.25) is 10.2 Å². The largest absolute Gasteiger partial charge is 0.345 e. The molecule has 1 unspecified atom stereocenters. The van der Waals surface area contributed by atoms with Gasteiger partial charge in [-0.25, -0.2) is 4.98 Å². The number of halogens is 2. The summed E-state index contributed by atoms with van der Waals surface area (Å²) in [5.41, 5.74) is 2.60. The van der Waals surface area contributed by atoms with E-state index in [0.29, 0.717) is 5.56 Å². The van der Waals surface area contributed by atoms with Crippen molar-refractivity contribution in [3.05, 3.63) is 63.4 Å². The van der Waals surface area contributed by atoms with E-state index in [1.807, 2.05) is 38.1 Å². The molecule has 5 heteroatoms. The van der Waals surface area contributed by atoms with Gasteiger partial charge < -0.3 is 5.32 Å². The lowest BCUT2D eigenvalue weighted by Crippen LogP contribution is -2.27. The van der Waals surface area contributed by atoms with Crippen LogP contribution in [0, 0.1) is 6.92 Å². The van der Waals surface area contributed by atoms with Gasteiger partial charge in [0.2, 0.25) is 0 Å². The fourth-order valence-electron chi connectivity index (χ4n) is 1.98. The molecule has 104 valence electrons. The predicted molar refractivity (Wildman–Crippen MR) is 81.3 cm³/mol. The van der Waals surface area contributed by atoms with Gasteiger partial charge >= 0.3 is 0 Å². The maximum atomic E-state index is 12.2. The third-order valence-corrected chi connectivity index (χ3v) is 3.75. The minimum Gasteiger partial charge on any atom is -0.345 e. The van der Waals surface area contributed by atoms with Crippen LogP contribution in [0.1, 0.15) is 34.5 Å². The molecule has 3 nitrogen and oxygen atoms in total. The molecule has 1 aromatic heterocycles. The van der Waals surface area contributed by atoms with E-state index in [4.69, 9.17) is 23.2 Å². The molecule has 0 radical (unpaired) electrons. The van der Waals surface area contributed by atoms with Crippen LogP contribution < -0.4 is 5.32 Å². The second kappa shape index (κ2) is 6.25. The van der Waals surface area contributed by atoms with Crippen LogP contribution in [0.5, 0.6) is 0 Å². The molecule has 0 bridgehead atoms. The number of rotatable bonds is 3. The highest BCUT2D eigenvalue weighted by atomic mass is 35.5. The second-order valence-corrected chi connectivity index (χ2v) is 5.31. The van der Waals surface area contributed by atoms with Gasteiger partial charge in [-0.05, 0) is 31.0 Å². The van der Waals surface area contributed by atoms with Crippen molar-refractivity contribution < 1.29 is 4.79 Å². The number of pyridine rings is 1. The minimum absolute atomic E-state index is 0.0989. The van der Waals surface area contributed by atoms with Crippen LogP contribution in [0.25, 0.3) is 0 Å². The third kappa shape index (κ3) is 3.30. The Kier molecular flexibility index (Phi) is 4.63. The molecule has 20 heavy (non-hydrogen) atoms. The Morgan fingerprint density at radius 3 is 2.65 bits per heavy atom. The summed E-state index contributed by atoms with van der Waals surface area (Å²) in [6.45, 7) is 3.95. The molecule has 2 rings (SSSR count). The van der Waals surface area contributed by atoms with E-state index in [9.17, 15) is 4.79 Å². The van der Waals surface area contributed by atoms with Crippen LogP contribution in [-0.4, -0.2) is 10.9 Å². The molecule has 1 amide bonds. The maximum absolute atomic E-state index is 12.2. The number of benzene rings is 1. The monoisotopic (exact) mass is 308 g/mol. The van der Waals surface area contributed by atoms with Crippen molar-refractivity contribution in [1.82, 2.24) is 10.3 Å². The number of nitrogens with zero attached hydrogens (tertiary/aromatic N) is 1. The highest BCUT2D eigenvalue weighted by Gasteiger charge is 2.14. The Morgan fingerprint density at radius 1 is 1.30 bits per heavy atom. The summed E-state index contributed by atoms with van der Waals surface area (Å²) in [6.07, 6.45) is 1.41. The summed E-state index contributed by atoms with van der Waals surface area (Å²) in [5.74, 6) is -0.230. The predicted octanol–water partition coefficient (Wildman–Crippen LogP) is 4.19. The van der Waals surface area contributed by atoms with Crippen LogP contribution in [-0.2, 0) is 0 Å². The molecule has 1 aromatic carbocycles. The Bertz CT molecular complexity index is 644. The first-order chi connectivity index (χ1) is 9.49.